The van der Waals surface area contributed by atoms with E-state index in [0.29, 0.717) is 12.2 Å². The van der Waals surface area contributed by atoms with Crippen LogP contribution in [0.15, 0.2) is 22.7 Å². The minimum atomic E-state index is -0.965. The molecule has 4 heteroatoms. The number of carboxylic acid groups (broad SMARTS) is 1. The largest absolute Gasteiger partial charge is 0.479 e. The van der Waals surface area contributed by atoms with Crippen molar-refractivity contribution in [3.8, 4) is 0 Å². The first-order valence-electron chi connectivity index (χ1n) is 4.66. The van der Waals surface area contributed by atoms with Crippen molar-refractivity contribution in [3.05, 3.63) is 33.8 Å². The fourth-order valence-electron chi connectivity index (χ4n) is 1.25. The predicted molar refractivity (Wildman–Crippen MR) is 60.9 cm³/mol. The molecule has 1 N–H and O–H groups in total. The van der Waals surface area contributed by atoms with Gasteiger partial charge in [-0.1, -0.05) is 28.1 Å². The lowest BCUT2D eigenvalue weighted by molar-refractivity contribution is -0.150. The third kappa shape index (κ3) is 3.04. The fourth-order valence-corrected chi connectivity index (χ4v) is 1.65. The lowest BCUT2D eigenvalue weighted by Gasteiger charge is -2.13. The molecule has 3 nitrogen and oxygen atoms in total. The van der Waals surface area contributed by atoms with E-state index in [1.165, 1.54) is 0 Å². The standard InChI is InChI=1S/C11H13BrO3/c1-3-15-10(11(13)14)8-5-4-7(2)9(12)6-8/h4-6,10H,3H2,1-2H3,(H,13,14). The predicted octanol–water partition coefficient (Wildman–Crippen LogP) is 2.92. The van der Waals surface area contributed by atoms with Crippen molar-refractivity contribution in [2.24, 2.45) is 0 Å². The SMILES string of the molecule is CCOC(C(=O)O)c1ccc(C)c(Br)c1. The molecule has 1 aromatic rings. The second-order valence-corrected chi connectivity index (χ2v) is 4.04. The zero-order valence-corrected chi connectivity index (χ0v) is 10.2. The molecule has 0 aliphatic heterocycles. The average molecular weight is 273 g/mol. The molecule has 0 saturated heterocycles. The lowest BCUT2D eigenvalue weighted by atomic mass is 10.1. The van der Waals surface area contributed by atoms with E-state index in [1.807, 2.05) is 13.0 Å². The summed E-state index contributed by atoms with van der Waals surface area (Å²) in [6.45, 7) is 4.10. The molecule has 0 heterocycles. The van der Waals surface area contributed by atoms with Gasteiger partial charge in [-0.3, -0.25) is 0 Å². The van der Waals surface area contributed by atoms with Crippen LogP contribution in [-0.4, -0.2) is 17.7 Å². The normalized spacial score (nSPS) is 12.5. The topological polar surface area (TPSA) is 46.5 Å². The van der Waals surface area contributed by atoms with Crippen LogP contribution in [0.5, 0.6) is 0 Å². The molecule has 0 aromatic heterocycles. The average Bonchev–Trinajstić information content (AvgIpc) is 2.18. The maximum Gasteiger partial charge on any atom is 0.337 e. The molecule has 0 fully saturated rings. The third-order valence-corrected chi connectivity index (χ3v) is 2.91. The first kappa shape index (κ1) is 12.2. The Bertz CT molecular complexity index is 363. The Labute approximate surface area is 97.2 Å². The number of halogens is 1. The Kier molecular flexibility index (Phi) is 4.29. The first-order chi connectivity index (χ1) is 7.06. The summed E-state index contributed by atoms with van der Waals surface area (Å²) in [4.78, 5) is 10.9. The molecule has 15 heavy (non-hydrogen) atoms. The summed E-state index contributed by atoms with van der Waals surface area (Å²) < 4.78 is 6.06. The molecular formula is C11H13BrO3. The molecule has 1 rings (SSSR count). The van der Waals surface area contributed by atoms with E-state index in [4.69, 9.17) is 9.84 Å². The number of hydrogen-bond donors (Lipinski definition) is 1. The van der Waals surface area contributed by atoms with E-state index in [0.717, 1.165) is 10.0 Å². The van der Waals surface area contributed by atoms with Gasteiger partial charge in [0, 0.05) is 11.1 Å². The van der Waals surface area contributed by atoms with Crippen molar-refractivity contribution in [1.82, 2.24) is 0 Å². The van der Waals surface area contributed by atoms with Gasteiger partial charge in [-0.05, 0) is 31.0 Å². The third-order valence-electron chi connectivity index (χ3n) is 2.06. The summed E-state index contributed by atoms with van der Waals surface area (Å²) in [6, 6.07) is 5.42. The molecule has 0 aliphatic carbocycles. The van der Waals surface area contributed by atoms with Gasteiger partial charge in [0.15, 0.2) is 6.10 Å². The number of hydrogen-bond acceptors (Lipinski definition) is 2. The number of aliphatic carboxylic acids is 1. The Morgan fingerprint density at radius 3 is 2.73 bits per heavy atom. The van der Waals surface area contributed by atoms with Crippen LogP contribution >= 0.6 is 15.9 Å². The molecule has 0 saturated carbocycles. The zero-order chi connectivity index (χ0) is 11.4. The first-order valence-corrected chi connectivity index (χ1v) is 5.46. The summed E-state index contributed by atoms with van der Waals surface area (Å²) in [5.41, 5.74) is 1.72. The number of benzene rings is 1. The van der Waals surface area contributed by atoms with E-state index in [2.05, 4.69) is 15.9 Å². The second-order valence-electron chi connectivity index (χ2n) is 3.18. The van der Waals surface area contributed by atoms with Gasteiger partial charge in [0.25, 0.3) is 0 Å². The minimum absolute atomic E-state index is 0.377. The summed E-state index contributed by atoms with van der Waals surface area (Å²) in [5.74, 6) is -0.965. The molecule has 0 spiro atoms. The van der Waals surface area contributed by atoms with Crippen LogP contribution in [-0.2, 0) is 9.53 Å². The summed E-state index contributed by atoms with van der Waals surface area (Å²) in [5, 5.41) is 8.98. The van der Waals surface area contributed by atoms with Gasteiger partial charge in [0.1, 0.15) is 0 Å². The number of rotatable bonds is 4. The maximum atomic E-state index is 10.9. The van der Waals surface area contributed by atoms with Gasteiger partial charge >= 0.3 is 5.97 Å². The van der Waals surface area contributed by atoms with Crippen LogP contribution in [0, 0.1) is 6.92 Å². The Hall–Kier alpha value is -0.870. The second kappa shape index (κ2) is 5.28. The molecule has 0 radical (unpaired) electrons. The summed E-state index contributed by atoms with van der Waals surface area (Å²) in [7, 11) is 0. The molecule has 1 aromatic carbocycles. The Morgan fingerprint density at radius 2 is 2.27 bits per heavy atom. The van der Waals surface area contributed by atoms with Crippen molar-refractivity contribution in [2.45, 2.75) is 20.0 Å². The van der Waals surface area contributed by atoms with Crippen molar-refractivity contribution in [3.63, 3.8) is 0 Å². The van der Waals surface area contributed by atoms with Gasteiger partial charge in [-0.2, -0.15) is 0 Å². The lowest BCUT2D eigenvalue weighted by Crippen LogP contribution is -2.15. The molecule has 0 amide bonds. The van der Waals surface area contributed by atoms with Crippen molar-refractivity contribution in [2.75, 3.05) is 6.61 Å². The molecule has 0 aliphatic rings. The number of aryl methyl sites for hydroxylation is 1. The smallest absolute Gasteiger partial charge is 0.337 e. The number of ether oxygens (including phenoxy) is 1. The van der Waals surface area contributed by atoms with Crippen LogP contribution < -0.4 is 0 Å². The molecule has 82 valence electrons. The Balaban J connectivity index is 3.01. The Morgan fingerprint density at radius 1 is 1.60 bits per heavy atom. The van der Waals surface area contributed by atoms with Crippen molar-refractivity contribution >= 4 is 21.9 Å². The van der Waals surface area contributed by atoms with Crippen LogP contribution in [0.4, 0.5) is 0 Å². The summed E-state index contributed by atoms with van der Waals surface area (Å²) >= 11 is 3.37. The highest BCUT2D eigenvalue weighted by atomic mass is 79.9. The highest BCUT2D eigenvalue weighted by Crippen LogP contribution is 2.24. The highest BCUT2D eigenvalue weighted by molar-refractivity contribution is 9.10. The van der Waals surface area contributed by atoms with Crippen LogP contribution in [0.3, 0.4) is 0 Å². The van der Waals surface area contributed by atoms with Crippen molar-refractivity contribution < 1.29 is 14.6 Å². The monoisotopic (exact) mass is 272 g/mol. The van der Waals surface area contributed by atoms with Crippen LogP contribution in [0.2, 0.25) is 0 Å². The maximum absolute atomic E-state index is 10.9. The van der Waals surface area contributed by atoms with E-state index in [1.54, 1.807) is 19.1 Å². The van der Waals surface area contributed by atoms with E-state index >= 15 is 0 Å². The van der Waals surface area contributed by atoms with Gasteiger partial charge in [-0.25, -0.2) is 4.79 Å². The zero-order valence-electron chi connectivity index (χ0n) is 8.66. The van der Waals surface area contributed by atoms with Crippen LogP contribution in [0.25, 0.3) is 0 Å². The highest BCUT2D eigenvalue weighted by Gasteiger charge is 2.20. The number of carboxylic acids is 1. The molecule has 1 atom stereocenters. The van der Waals surface area contributed by atoms with E-state index in [9.17, 15) is 4.79 Å². The summed E-state index contributed by atoms with van der Waals surface area (Å²) in [6.07, 6.45) is -0.883. The number of carbonyl (C=O) groups is 1. The van der Waals surface area contributed by atoms with E-state index in [-0.39, 0.29) is 0 Å². The molecule has 0 bridgehead atoms. The van der Waals surface area contributed by atoms with Crippen LogP contribution in [0.1, 0.15) is 24.2 Å². The quantitative estimate of drug-likeness (QED) is 0.917. The van der Waals surface area contributed by atoms with Gasteiger partial charge < -0.3 is 9.84 Å². The van der Waals surface area contributed by atoms with Gasteiger partial charge in [-0.15, -0.1) is 0 Å². The van der Waals surface area contributed by atoms with Crippen molar-refractivity contribution in [1.29, 1.82) is 0 Å². The molecule has 1 unspecified atom stereocenters. The minimum Gasteiger partial charge on any atom is -0.479 e. The fraction of sp³-hybridized carbons (Fsp3) is 0.364. The van der Waals surface area contributed by atoms with Gasteiger partial charge in [0.05, 0.1) is 0 Å². The van der Waals surface area contributed by atoms with E-state index < -0.39 is 12.1 Å². The molecular weight excluding hydrogens is 260 g/mol. The van der Waals surface area contributed by atoms with Gasteiger partial charge in [0.2, 0.25) is 0 Å².